The van der Waals surface area contributed by atoms with Crippen molar-refractivity contribution < 1.29 is 13.2 Å². The number of hydrogen-bond acceptors (Lipinski definition) is 4. The van der Waals surface area contributed by atoms with Crippen molar-refractivity contribution in [3.05, 3.63) is 95.6 Å². The van der Waals surface area contributed by atoms with Crippen LogP contribution in [0.4, 0.5) is 5.69 Å². The van der Waals surface area contributed by atoms with Gasteiger partial charge in [0.2, 0.25) is 5.91 Å². The maximum atomic E-state index is 13.4. The number of para-hydroxylation sites is 1. The fraction of sp³-hybridized carbons (Fsp3) is 0.321. The Morgan fingerprint density at radius 3 is 2.14 bits per heavy atom. The number of aryl methyl sites for hydroxylation is 1. The van der Waals surface area contributed by atoms with E-state index in [-0.39, 0.29) is 17.3 Å². The van der Waals surface area contributed by atoms with E-state index >= 15 is 0 Å². The van der Waals surface area contributed by atoms with Crippen LogP contribution < -0.4 is 9.62 Å². The van der Waals surface area contributed by atoms with E-state index in [1.54, 1.807) is 48.5 Å². The van der Waals surface area contributed by atoms with E-state index in [0.29, 0.717) is 12.2 Å². The number of benzene rings is 3. The minimum atomic E-state index is -3.90. The Hall–Kier alpha value is -3.16. The first-order chi connectivity index (χ1) is 16.9. The van der Waals surface area contributed by atoms with Crippen LogP contribution >= 0.6 is 0 Å². The van der Waals surface area contributed by atoms with Gasteiger partial charge in [0.1, 0.15) is 6.54 Å². The third kappa shape index (κ3) is 6.71. The maximum Gasteiger partial charge on any atom is 0.264 e. The van der Waals surface area contributed by atoms with Gasteiger partial charge >= 0.3 is 0 Å². The summed E-state index contributed by atoms with van der Waals surface area (Å²) in [5.41, 5.74) is 3.66. The van der Waals surface area contributed by atoms with E-state index in [2.05, 4.69) is 22.3 Å². The minimum absolute atomic E-state index is 0.157. The number of amides is 1. The first-order valence-corrected chi connectivity index (χ1v) is 13.6. The van der Waals surface area contributed by atoms with Crippen molar-refractivity contribution in [1.82, 2.24) is 10.2 Å². The van der Waals surface area contributed by atoms with Gasteiger partial charge in [0.25, 0.3) is 10.0 Å². The first kappa shape index (κ1) is 24.9. The molecule has 0 radical (unpaired) electrons. The van der Waals surface area contributed by atoms with Gasteiger partial charge in [0.15, 0.2) is 0 Å². The molecular formula is C28H33N3O3S. The van der Waals surface area contributed by atoms with E-state index in [1.165, 1.54) is 24.8 Å². The van der Waals surface area contributed by atoms with Crippen LogP contribution in [0.3, 0.4) is 0 Å². The summed E-state index contributed by atoms with van der Waals surface area (Å²) in [5, 5.41) is 2.88. The number of rotatable bonds is 9. The molecule has 0 saturated carbocycles. The number of anilines is 1. The highest BCUT2D eigenvalue weighted by atomic mass is 32.2. The molecule has 1 amide bonds. The van der Waals surface area contributed by atoms with Crippen molar-refractivity contribution in [1.29, 1.82) is 0 Å². The van der Waals surface area contributed by atoms with Gasteiger partial charge in [0.05, 0.1) is 10.6 Å². The second-order valence-electron chi connectivity index (χ2n) is 9.09. The number of likely N-dealkylation sites (tertiary alicyclic amines) is 1. The lowest BCUT2D eigenvalue weighted by molar-refractivity contribution is -0.119. The Morgan fingerprint density at radius 1 is 0.857 bits per heavy atom. The summed E-state index contributed by atoms with van der Waals surface area (Å²) in [6.45, 7) is 5.21. The molecule has 0 bridgehead atoms. The smallest absolute Gasteiger partial charge is 0.264 e. The quantitative estimate of drug-likeness (QED) is 0.479. The van der Waals surface area contributed by atoms with Crippen molar-refractivity contribution in [2.45, 2.75) is 44.2 Å². The maximum absolute atomic E-state index is 13.4. The molecule has 1 N–H and O–H groups in total. The molecule has 184 valence electrons. The van der Waals surface area contributed by atoms with Crippen LogP contribution in [0.2, 0.25) is 0 Å². The molecule has 0 aromatic heterocycles. The number of hydrogen-bond donors (Lipinski definition) is 1. The number of nitrogens with zero attached hydrogens (tertiary/aromatic N) is 2. The Balaban J connectivity index is 1.40. The number of piperidine rings is 1. The Kier molecular flexibility index (Phi) is 8.21. The SMILES string of the molecule is Cc1ccc(S(=O)(=O)N(CC(=O)NCc2ccc(CN3CCCCC3)cc2)c2ccccc2)cc1. The van der Waals surface area contributed by atoms with Gasteiger partial charge in [-0.05, 0) is 68.2 Å². The molecular weight excluding hydrogens is 458 g/mol. The van der Waals surface area contributed by atoms with Gasteiger partial charge in [-0.2, -0.15) is 0 Å². The van der Waals surface area contributed by atoms with Gasteiger partial charge in [-0.25, -0.2) is 8.42 Å². The van der Waals surface area contributed by atoms with Crippen molar-refractivity contribution in [3.8, 4) is 0 Å². The van der Waals surface area contributed by atoms with E-state index in [1.807, 2.05) is 25.1 Å². The Bertz CT molecular complexity index is 1200. The molecule has 0 aliphatic carbocycles. The highest BCUT2D eigenvalue weighted by Gasteiger charge is 2.27. The molecule has 0 spiro atoms. The van der Waals surface area contributed by atoms with Crippen LogP contribution in [-0.2, 0) is 27.9 Å². The number of carbonyl (C=O) groups excluding carboxylic acids is 1. The second kappa shape index (κ2) is 11.5. The summed E-state index contributed by atoms with van der Waals surface area (Å²) in [6.07, 6.45) is 3.86. The summed E-state index contributed by atoms with van der Waals surface area (Å²) in [6, 6.07) is 23.6. The molecule has 6 nitrogen and oxygen atoms in total. The molecule has 3 aromatic carbocycles. The third-order valence-electron chi connectivity index (χ3n) is 6.31. The average molecular weight is 492 g/mol. The van der Waals surface area contributed by atoms with Gasteiger partial charge < -0.3 is 5.32 Å². The predicted molar refractivity (Wildman–Crippen MR) is 140 cm³/mol. The monoisotopic (exact) mass is 491 g/mol. The first-order valence-electron chi connectivity index (χ1n) is 12.1. The summed E-state index contributed by atoms with van der Waals surface area (Å²) in [7, 11) is -3.90. The standard InChI is InChI=1S/C28H33N3O3S/c1-23-10-16-27(17-11-23)35(33,34)31(26-8-4-2-5-9-26)22-28(32)29-20-24-12-14-25(15-13-24)21-30-18-6-3-7-19-30/h2,4-5,8-17H,3,6-7,18-22H2,1H3,(H,29,32). The largest absolute Gasteiger partial charge is 0.350 e. The average Bonchev–Trinajstić information content (AvgIpc) is 2.88. The number of carbonyl (C=O) groups is 1. The fourth-order valence-electron chi connectivity index (χ4n) is 4.27. The second-order valence-corrected chi connectivity index (χ2v) is 11.0. The summed E-state index contributed by atoms with van der Waals surface area (Å²) < 4.78 is 28.0. The van der Waals surface area contributed by atoms with Crippen LogP contribution in [0.25, 0.3) is 0 Å². The third-order valence-corrected chi connectivity index (χ3v) is 8.10. The zero-order chi connectivity index (χ0) is 24.7. The number of sulfonamides is 1. The van der Waals surface area contributed by atoms with Crippen LogP contribution in [0, 0.1) is 6.92 Å². The molecule has 7 heteroatoms. The van der Waals surface area contributed by atoms with Gasteiger partial charge in [0, 0.05) is 13.1 Å². The van der Waals surface area contributed by atoms with Crippen LogP contribution in [0.1, 0.15) is 36.0 Å². The molecule has 1 aliphatic heterocycles. The molecule has 3 aromatic rings. The minimum Gasteiger partial charge on any atom is -0.350 e. The van der Waals surface area contributed by atoms with Crippen molar-refractivity contribution in [3.63, 3.8) is 0 Å². The van der Waals surface area contributed by atoms with Gasteiger partial charge in [-0.15, -0.1) is 0 Å². The van der Waals surface area contributed by atoms with Crippen LogP contribution in [0.5, 0.6) is 0 Å². The van der Waals surface area contributed by atoms with Gasteiger partial charge in [-0.3, -0.25) is 14.0 Å². The number of nitrogens with one attached hydrogen (secondary N) is 1. The molecule has 0 atom stereocenters. The van der Waals surface area contributed by atoms with E-state index in [0.717, 1.165) is 35.1 Å². The Labute approximate surface area is 208 Å². The molecule has 35 heavy (non-hydrogen) atoms. The predicted octanol–water partition coefficient (Wildman–Crippen LogP) is 4.49. The lowest BCUT2D eigenvalue weighted by atomic mass is 10.1. The van der Waals surface area contributed by atoms with Crippen LogP contribution in [-0.4, -0.2) is 38.9 Å². The lowest BCUT2D eigenvalue weighted by Crippen LogP contribution is -2.40. The molecule has 0 unspecified atom stereocenters. The highest BCUT2D eigenvalue weighted by Crippen LogP contribution is 2.23. The van der Waals surface area contributed by atoms with Gasteiger partial charge in [-0.1, -0.05) is 66.6 Å². The fourth-order valence-corrected chi connectivity index (χ4v) is 5.69. The van der Waals surface area contributed by atoms with Crippen molar-refractivity contribution >= 4 is 21.6 Å². The molecule has 1 heterocycles. The molecule has 1 fully saturated rings. The van der Waals surface area contributed by atoms with Crippen molar-refractivity contribution in [2.75, 3.05) is 23.9 Å². The highest BCUT2D eigenvalue weighted by molar-refractivity contribution is 7.92. The zero-order valence-electron chi connectivity index (χ0n) is 20.2. The van der Waals surface area contributed by atoms with E-state index in [4.69, 9.17) is 0 Å². The lowest BCUT2D eigenvalue weighted by Gasteiger charge is -2.26. The van der Waals surface area contributed by atoms with E-state index < -0.39 is 10.0 Å². The summed E-state index contributed by atoms with van der Waals surface area (Å²) in [4.78, 5) is 15.5. The summed E-state index contributed by atoms with van der Waals surface area (Å²) in [5.74, 6) is -0.359. The topological polar surface area (TPSA) is 69.7 Å². The molecule has 1 saturated heterocycles. The van der Waals surface area contributed by atoms with Crippen molar-refractivity contribution in [2.24, 2.45) is 0 Å². The summed E-state index contributed by atoms with van der Waals surface area (Å²) >= 11 is 0. The molecule has 4 rings (SSSR count). The Morgan fingerprint density at radius 2 is 1.49 bits per heavy atom. The van der Waals surface area contributed by atoms with Crippen LogP contribution in [0.15, 0.2) is 83.8 Å². The molecule has 1 aliphatic rings. The zero-order valence-corrected chi connectivity index (χ0v) is 21.0. The van der Waals surface area contributed by atoms with E-state index in [9.17, 15) is 13.2 Å². The normalized spacial score (nSPS) is 14.4.